The lowest BCUT2D eigenvalue weighted by atomic mass is 10.2. The summed E-state index contributed by atoms with van der Waals surface area (Å²) in [7, 11) is 0. The Morgan fingerprint density at radius 2 is 1.85 bits per heavy atom. The number of carbonyl (C=O) groups excluding carboxylic acids is 2. The summed E-state index contributed by atoms with van der Waals surface area (Å²) < 4.78 is 10.2. The van der Waals surface area contributed by atoms with Gasteiger partial charge in [0, 0.05) is 5.56 Å². The summed E-state index contributed by atoms with van der Waals surface area (Å²) in [5, 5.41) is 14.7. The molecule has 2 aromatic carbocycles. The van der Waals surface area contributed by atoms with E-state index in [-0.39, 0.29) is 19.8 Å². The Kier molecular flexibility index (Phi) is 7.85. The normalized spacial score (nSPS) is 10.0. The van der Waals surface area contributed by atoms with Crippen molar-refractivity contribution in [3.63, 3.8) is 0 Å². The van der Waals surface area contributed by atoms with Crippen LogP contribution in [-0.2, 0) is 16.1 Å². The molecule has 0 aliphatic heterocycles. The number of para-hydroxylation sites is 1. The minimum absolute atomic E-state index is 0.0910. The van der Waals surface area contributed by atoms with Crippen LogP contribution in [0.15, 0.2) is 59.7 Å². The van der Waals surface area contributed by atoms with Gasteiger partial charge in [-0.05, 0) is 17.7 Å². The number of carbonyl (C=O) groups is 2. The summed E-state index contributed by atoms with van der Waals surface area (Å²) in [4.78, 5) is 23.3. The number of alkyl carbamates (subject to hydrolysis) is 1. The van der Waals surface area contributed by atoms with Crippen LogP contribution in [0.3, 0.4) is 0 Å². The van der Waals surface area contributed by atoms with Crippen molar-refractivity contribution in [3.05, 3.63) is 65.7 Å². The van der Waals surface area contributed by atoms with Gasteiger partial charge in [0.2, 0.25) is 0 Å². The molecule has 0 bridgehead atoms. The molecule has 0 aliphatic rings. The number of nitrogens with one attached hydrogen (secondary N) is 2. The summed E-state index contributed by atoms with van der Waals surface area (Å²) >= 11 is 0. The Balaban J connectivity index is 1.72. The molecule has 138 valence electrons. The number of hydrogen-bond donors (Lipinski definition) is 2. The molecule has 2 aromatic rings. The van der Waals surface area contributed by atoms with Gasteiger partial charge >= 0.3 is 6.09 Å². The lowest BCUT2D eigenvalue weighted by molar-refractivity contribution is -0.120. The summed E-state index contributed by atoms with van der Waals surface area (Å²) in [6.07, 6.45) is 0.687. The monoisotopic (exact) mass is 366 g/mol. The smallest absolute Gasteiger partial charge is 0.407 e. The van der Waals surface area contributed by atoms with Crippen LogP contribution in [0.2, 0.25) is 0 Å². The zero-order valence-corrected chi connectivity index (χ0v) is 14.4. The molecule has 27 heavy (non-hydrogen) atoms. The third kappa shape index (κ3) is 7.27. The second kappa shape index (κ2) is 10.9. The average molecular weight is 366 g/mol. The topological polar surface area (TPSA) is 113 Å². The predicted molar refractivity (Wildman–Crippen MR) is 97.9 cm³/mol. The van der Waals surface area contributed by atoms with Crippen molar-refractivity contribution in [2.24, 2.45) is 5.10 Å². The first-order valence-corrected chi connectivity index (χ1v) is 8.04. The highest BCUT2D eigenvalue weighted by atomic mass is 16.5. The van der Waals surface area contributed by atoms with Gasteiger partial charge < -0.3 is 14.8 Å². The third-order valence-electron chi connectivity index (χ3n) is 3.21. The minimum Gasteiger partial charge on any atom is -0.478 e. The van der Waals surface area contributed by atoms with Gasteiger partial charge in [-0.3, -0.25) is 4.79 Å². The second-order valence-electron chi connectivity index (χ2n) is 5.19. The van der Waals surface area contributed by atoms with Crippen molar-refractivity contribution in [1.82, 2.24) is 10.7 Å². The van der Waals surface area contributed by atoms with E-state index < -0.39 is 12.0 Å². The molecule has 2 rings (SSSR count). The van der Waals surface area contributed by atoms with E-state index in [1.165, 1.54) is 6.21 Å². The molecular weight excluding hydrogens is 348 g/mol. The fraction of sp³-hybridized carbons (Fsp3) is 0.158. The predicted octanol–water partition coefficient (Wildman–Crippen LogP) is 1.97. The van der Waals surface area contributed by atoms with Gasteiger partial charge in [-0.25, -0.2) is 10.2 Å². The number of nitriles is 1. The molecule has 0 atom stereocenters. The van der Waals surface area contributed by atoms with Crippen LogP contribution in [0.4, 0.5) is 4.79 Å². The Hall–Kier alpha value is -3.86. The highest BCUT2D eigenvalue weighted by Crippen LogP contribution is 2.15. The van der Waals surface area contributed by atoms with E-state index in [1.54, 1.807) is 24.3 Å². The van der Waals surface area contributed by atoms with E-state index in [4.69, 9.17) is 14.7 Å². The molecule has 2 N–H and O–H groups in total. The molecule has 0 aliphatic carbocycles. The number of benzene rings is 2. The quantitative estimate of drug-likeness (QED) is 0.548. The molecule has 0 fully saturated rings. The summed E-state index contributed by atoms with van der Waals surface area (Å²) in [6, 6.07) is 18.0. The van der Waals surface area contributed by atoms with Crippen molar-refractivity contribution in [1.29, 1.82) is 5.26 Å². The highest BCUT2D eigenvalue weighted by Gasteiger charge is 2.06. The van der Waals surface area contributed by atoms with E-state index in [9.17, 15) is 9.59 Å². The Bertz CT molecular complexity index is 831. The number of rotatable bonds is 8. The minimum atomic E-state index is -0.701. The Morgan fingerprint density at radius 1 is 1.11 bits per heavy atom. The number of nitrogens with zero attached hydrogens (tertiary/aromatic N) is 2. The zero-order chi connectivity index (χ0) is 19.3. The average Bonchev–Trinajstić information content (AvgIpc) is 2.70. The lowest BCUT2D eigenvalue weighted by Crippen LogP contribution is -2.35. The van der Waals surface area contributed by atoms with Crippen LogP contribution in [0, 0.1) is 11.3 Å². The maximum absolute atomic E-state index is 11.7. The summed E-state index contributed by atoms with van der Waals surface area (Å²) in [5.41, 5.74) is 3.73. The van der Waals surface area contributed by atoms with E-state index in [1.807, 2.05) is 36.4 Å². The van der Waals surface area contributed by atoms with Crippen LogP contribution < -0.4 is 15.5 Å². The molecule has 8 nitrogen and oxygen atoms in total. The summed E-state index contributed by atoms with van der Waals surface area (Å²) in [6.45, 7) is -0.254. The maximum Gasteiger partial charge on any atom is 0.407 e. The first-order chi connectivity index (χ1) is 13.2. The fourth-order valence-electron chi connectivity index (χ4n) is 1.97. The second-order valence-corrected chi connectivity index (χ2v) is 5.19. The van der Waals surface area contributed by atoms with E-state index in [2.05, 4.69) is 15.8 Å². The van der Waals surface area contributed by atoms with E-state index >= 15 is 0 Å². The molecule has 0 saturated carbocycles. The number of hydrogen-bond acceptors (Lipinski definition) is 6. The third-order valence-corrected chi connectivity index (χ3v) is 3.21. The van der Waals surface area contributed by atoms with Crippen LogP contribution in [-0.4, -0.2) is 31.4 Å². The summed E-state index contributed by atoms with van der Waals surface area (Å²) in [5.74, 6) is -0.0435. The van der Waals surface area contributed by atoms with E-state index in [0.717, 1.165) is 5.56 Å². The van der Waals surface area contributed by atoms with Gasteiger partial charge in [-0.15, -0.1) is 0 Å². The van der Waals surface area contributed by atoms with Gasteiger partial charge in [0.25, 0.3) is 5.91 Å². The van der Waals surface area contributed by atoms with Gasteiger partial charge in [0.1, 0.15) is 25.0 Å². The number of hydrazone groups is 1. The largest absolute Gasteiger partial charge is 0.478 e. The van der Waals surface area contributed by atoms with Gasteiger partial charge in [-0.1, -0.05) is 42.5 Å². The van der Waals surface area contributed by atoms with Crippen molar-refractivity contribution in [2.45, 2.75) is 6.61 Å². The first-order valence-electron chi connectivity index (χ1n) is 8.04. The van der Waals surface area contributed by atoms with Gasteiger partial charge in [-0.2, -0.15) is 10.4 Å². The van der Waals surface area contributed by atoms with Crippen LogP contribution >= 0.6 is 0 Å². The van der Waals surface area contributed by atoms with Crippen LogP contribution in [0.1, 0.15) is 11.1 Å². The standard InChI is InChI=1S/C19H18N4O4/c20-10-11-26-17-9-5-4-8-16(17)12-22-23-18(24)13-21-19(25)27-14-15-6-2-1-3-7-15/h1-9,12H,11,13-14H2,(H,21,25)(H,23,24)/b22-12-. The molecule has 0 unspecified atom stereocenters. The molecule has 8 heteroatoms. The van der Waals surface area contributed by atoms with Gasteiger partial charge in [0.15, 0.2) is 6.61 Å². The molecular formula is C19H18N4O4. The highest BCUT2D eigenvalue weighted by molar-refractivity contribution is 5.86. The molecule has 2 amide bonds. The van der Waals surface area contributed by atoms with Crippen molar-refractivity contribution >= 4 is 18.2 Å². The number of amides is 2. The zero-order valence-electron chi connectivity index (χ0n) is 14.4. The van der Waals surface area contributed by atoms with Crippen molar-refractivity contribution < 1.29 is 19.1 Å². The molecule has 0 spiro atoms. The molecule has 0 aromatic heterocycles. The SMILES string of the molecule is N#CCOc1ccccc1/C=N\NC(=O)CNC(=O)OCc1ccccc1. The fourth-order valence-corrected chi connectivity index (χ4v) is 1.97. The van der Waals surface area contributed by atoms with E-state index in [0.29, 0.717) is 11.3 Å². The maximum atomic E-state index is 11.7. The molecule has 0 heterocycles. The van der Waals surface area contributed by atoms with Crippen molar-refractivity contribution in [3.8, 4) is 11.8 Å². The van der Waals surface area contributed by atoms with Crippen LogP contribution in [0.25, 0.3) is 0 Å². The van der Waals surface area contributed by atoms with Gasteiger partial charge in [0.05, 0.1) is 6.21 Å². The molecule has 0 saturated heterocycles. The first kappa shape index (κ1) is 19.5. The Labute approximate surface area is 156 Å². The lowest BCUT2D eigenvalue weighted by Gasteiger charge is -2.06. The molecule has 0 radical (unpaired) electrons. The van der Waals surface area contributed by atoms with Crippen LogP contribution in [0.5, 0.6) is 5.75 Å². The number of ether oxygens (including phenoxy) is 2. The Morgan fingerprint density at radius 3 is 2.63 bits per heavy atom. The van der Waals surface area contributed by atoms with Crippen molar-refractivity contribution in [2.75, 3.05) is 13.2 Å².